The molecule has 2 rings (SSSR count). The quantitative estimate of drug-likeness (QED) is 0.502. The van der Waals surface area contributed by atoms with Crippen molar-refractivity contribution in [2.45, 2.75) is 0 Å². The predicted molar refractivity (Wildman–Crippen MR) is 62.8 cm³/mol. The SMILES string of the molecule is O=C1NCCN1CCNCCN1CCNC1=O. The van der Waals surface area contributed by atoms with E-state index in [0.717, 1.165) is 52.4 Å². The average molecular weight is 241 g/mol. The molecule has 0 aromatic heterocycles. The van der Waals surface area contributed by atoms with Crippen LogP contribution in [0, 0.1) is 0 Å². The lowest BCUT2D eigenvalue weighted by Crippen LogP contribution is -2.38. The number of hydrogen-bond acceptors (Lipinski definition) is 3. The second-order valence-corrected chi connectivity index (χ2v) is 4.19. The topological polar surface area (TPSA) is 76.7 Å². The van der Waals surface area contributed by atoms with Crippen molar-refractivity contribution in [1.29, 1.82) is 0 Å². The highest BCUT2D eigenvalue weighted by Crippen LogP contribution is 1.95. The first-order valence-corrected chi connectivity index (χ1v) is 6.03. The molecule has 0 saturated carbocycles. The normalized spacial score (nSPS) is 19.8. The summed E-state index contributed by atoms with van der Waals surface area (Å²) in [4.78, 5) is 26.0. The number of carbonyl (C=O) groups is 2. The summed E-state index contributed by atoms with van der Waals surface area (Å²) < 4.78 is 0. The molecule has 0 aromatic carbocycles. The van der Waals surface area contributed by atoms with Gasteiger partial charge in [-0.2, -0.15) is 0 Å². The fourth-order valence-corrected chi connectivity index (χ4v) is 2.00. The Bertz CT molecular complexity index is 268. The van der Waals surface area contributed by atoms with Crippen molar-refractivity contribution < 1.29 is 9.59 Å². The van der Waals surface area contributed by atoms with E-state index in [1.54, 1.807) is 9.80 Å². The molecule has 7 nitrogen and oxygen atoms in total. The third kappa shape index (κ3) is 3.23. The second-order valence-electron chi connectivity index (χ2n) is 4.19. The molecule has 2 aliphatic heterocycles. The molecule has 0 aromatic rings. The van der Waals surface area contributed by atoms with Gasteiger partial charge in [-0.25, -0.2) is 9.59 Å². The summed E-state index contributed by atoms with van der Waals surface area (Å²) in [5.41, 5.74) is 0. The van der Waals surface area contributed by atoms with Gasteiger partial charge >= 0.3 is 12.1 Å². The van der Waals surface area contributed by atoms with Crippen LogP contribution in [-0.4, -0.2) is 74.2 Å². The first-order valence-electron chi connectivity index (χ1n) is 6.03. The van der Waals surface area contributed by atoms with Gasteiger partial charge < -0.3 is 25.8 Å². The molecule has 0 bridgehead atoms. The molecule has 17 heavy (non-hydrogen) atoms. The Morgan fingerprint density at radius 3 is 1.76 bits per heavy atom. The van der Waals surface area contributed by atoms with Gasteiger partial charge in [0.1, 0.15) is 0 Å². The summed E-state index contributed by atoms with van der Waals surface area (Å²) in [6, 6.07) is 0.0384. The maximum absolute atomic E-state index is 11.2. The molecule has 96 valence electrons. The lowest BCUT2D eigenvalue weighted by Gasteiger charge is -2.16. The Morgan fingerprint density at radius 2 is 1.41 bits per heavy atom. The summed E-state index contributed by atoms with van der Waals surface area (Å²) in [6.07, 6.45) is 0. The van der Waals surface area contributed by atoms with Gasteiger partial charge in [0.25, 0.3) is 0 Å². The standard InChI is InChI=1S/C10H19N5O2/c16-9-12-3-7-14(9)5-1-11-2-6-15-8-4-13-10(15)17/h11H,1-8H2,(H,12,16)(H,13,17). The lowest BCUT2D eigenvalue weighted by atomic mass is 10.5. The third-order valence-corrected chi connectivity index (χ3v) is 3.01. The molecule has 4 amide bonds. The van der Waals surface area contributed by atoms with Gasteiger partial charge in [0.15, 0.2) is 0 Å². The lowest BCUT2D eigenvalue weighted by molar-refractivity contribution is 0.215. The number of hydrogen-bond donors (Lipinski definition) is 3. The van der Waals surface area contributed by atoms with Crippen molar-refractivity contribution in [2.75, 3.05) is 52.4 Å². The Hall–Kier alpha value is -1.50. The van der Waals surface area contributed by atoms with Gasteiger partial charge in [-0.05, 0) is 0 Å². The van der Waals surface area contributed by atoms with E-state index >= 15 is 0 Å². The van der Waals surface area contributed by atoms with Gasteiger partial charge in [-0.15, -0.1) is 0 Å². The van der Waals surface area contributed by atoms with Crippen LogP contribution in [0.1, 0.15) is 0 Å². The second kappa shape index (κ2) is 5.72. The van der Waals surface area contributed by atoms with E-state index in [1.165, 1.54) is 0 Å². The summed E-state index contributed by atoms with van der Waals surface area (Å²) in [6.45, 7) is 6.03. The van der Waals surface area contributed by atoms with Gasteiger partial charge in [0, 0.05) is 52.4 Å². The molecule has 0 spiro atoms. The minimum atomic E-state index is 0.0192. The molecule has 2 fully saturated rings. The van der Waals surface area contributed by atoms with Crippen molar-refractivity contribution in [3.05, 3.63) is 0 Å². The minimum Gasteiger partial charge on any atom is -0.336 e. The number of amides is 4. The Balaban J connectivity index is 1.51. The van der Waals surface area contributed by atoms with Crippen LogP contribution >= 0.6 is 0 Å². The Labute approximate surface area is 101 Å². The van der Waals surface area contributed by atoms with Crippen molar-refractivity contribution in [3.63, 3.8) is 0 Å². The van der Waals surface area contributed by atoms with Crippen LogP contribution in [0.25, 0.3) is 0 Å². The molecular formula is C10H19N5O2. The van der Waals surface area contributed by atoms with Crippen LogP contribution in [0.3, 0.4) is 0 Å². The molecule has 0 aliphatic carbocycles. The number of nitrogens with one attached hydrogen (secondary N) is 3. The molecule has 2 heterocycles. The molecular weight excluding hydrogens is 222 g/mol. The molecule has 0 unspecified atom stereocenters. The first kappa shape index (κ1) is 12.0. The van der Waals surface area contributed by atoms with E-state index in [9.17, 15) is 9.59 Å². The van der Waals surface area contributed by atoms with E-state index in [2.05, 4.69) is 16.0 Å². The zero-order valence-electron chi connectivity index (χ0n) is 9.87. The number of urea groups is 2. The third-order valence-electron chi connectivity index (χ3n) is 3.01. The first-order chi connectivity index (χ1) is 8.27. The molecule has 0 atom stereocenters. The zero-order chi connectivity index (χ0) is 12.1. The van der Waals surface area contributed by atoms with E-state index in [0.29, 0.717) is 0 Å². The summed E-state index contributed by atoms with van der Waals surface area (Å²) in [5.74, 6) is 0. The highest BCUT2D eigenvalue weighted by Gasteiger charge is 2.19. The molecule has 7 heteroatoms. The van der Waals surface area contributed by atoms with E-state index in [1.807, 2.05) is 0 Å². The van der Waals surface area contributed by atoms with E-state index in [4.69, 9.17) is 0 Å². The van der Waals surface area contributed by atoms with Crippen molar-refractivity contribution in [2.24, 2.45) is 0 Å². The van der Waals surface area contributed by atoms with E-state index < -0.39 is 0 Å². The van der Waals surface area contributed by atoms with Crippen molar-refractivity contribution in [1.82, 2.24) is 25.8 Å². The fourth-order valence-electron chi connectivity index (χ4n) is 2.00. The molecule has 0 radical (unpaired) electrons. The number of carbonyl (C=O) groups excluding carboxylic acids is 2. The monoisotopic (exact) mass is 241 g/mol. The highest BCUT2D eigenvalue weighted by molar-refractivity contribution is 5.76. The fraction of sp³-hybridized carbons (Fsp3) is 0.800. The van der Waals surface area contributed by atoms with E-state index in [-0.39, 0.29) is 12.1 Å². The van der Waals surface area contributed by atoms with Crippen LogP contribution < -0.4 is 16.0 Å². The van der Waals surface area contributed by atoms with Crippen LogP contribution in [0.4, 0.5) is 9.59 Å². The summed E-state index contributed by atoms with van der Waals surface area (Å²) in [5, 5.41) is 8.76. The average Bonchev–Trinajstić information content (AvgIpc) is 2.89. The van der Waals surface area contributed by atoms with Crippen molar-refractivity contribution >= 4 is 12.1 Å². The van der Waals surface area contributed by atoms with Crippen LogP contribution in [0.2, 0.25) is 0 Å². The Morgan fingerprint density at radius 1 is 0.941 bits per heavy atom. The minimum absolute atomic E-state index is 0.0192. The van der Waals surface area contributed by atoms with Gasteiger partial charge in [0.05, 0.1) is 0 Å². The zero-order valence-corrected chi connectivity index (χ0v) is 9.87. The largest absolute Gasteiger partial charge is 0.336 e. The van der Waals surface area contributed by atoms with Crippen LogP contribution in [0.5, 0.6) is 0 Å². The van der Waals surface area contributed by atoms with Crippen LogP contribution in [0.15, 0.2) is 0 Å². The maximum atomic E-state index is 11.2. The predicted octanol–water partition coefficient (Wildman–Crippen LogP) is -1.37. The van der Waals surface area contributed by atoms with Gasteiger partial charge in [0.2, 0.25) is 0 Å². The van der Waals surface area contributed by atoms with Gasteiger partial charge in [-0.1, -0.05) is 0 Å². The number of nitrogens with zero attached hydrogens (tertiary/aromatic N) is 2. The van der Waals surface area contributed by atoms with Gasteiger partial charge in [-0.3, -0.25) is 0 Å². The smallest absolute Gasteiger partial charge is 0.317 e. The molecule has 3 N–H and O–H groups in total. The Kier molecular flexibility index (Phi) is 4.03. The summed E-state index contributed by atoms with van der Waals surface area (Å²) >= 11 is 0. The molecule has 2 aliphatic rings. The van der Waals surface area contributed by atoms with Crippen LogP contribution in [-0.2, 0) is 0 Å². The number of rotatable bonds is 6. The maximum Gasteiger partial charge on any atom is 0.317 e. The van der Waals surface area contributed by atoms with Crippen molar-refractivity contribution in [3.8, 4) is 0 Å². The highest BCUT2D eigenvalue weighted by atomic mass is 16.2. The molecule has 2 saturated heterocycles. The summed E-state index contributed by atoms with van der Waals surface area (Å²) in [7, 11) is 0.